The first-order valence-corrected chi connectivity index (χ1v) is 10.3. The van der Waals surface area contributed by atoms with Crippen LogP contribution in [0.2, 0.25) is 0 Å². The van der Waals surface area contributed by atoms with Crippen molar-refractivity contribution in [2.24, 2.45) is 0 Å². The summed E-state index contributed by atoms with van der Waals surface area (Å²) in [5, 5.41) is 4.97. The molecule has 2 N–H and O–H groups in total. The zero-order chi connectivity index (χ0) is 23.6. The second-order valence-electron chi connectivity index (χ2n) is 7.13. The largest absolute Gasteiger partial charge is 0.493 e. The lowest BCUT2D eigenvalue weighted by molar-refractivity contribution is 0.171. The van der Waals surface area contributed by atoms with E-state index >= 15 is 0 Å². The molecule has 174 valence electrons. The maximum atomic E-state index is 13.2. The van der Waals surface area contributed by atoms with E-state index in [1.54, 1.807) is 37.6 Å². The van der Waals surface area contributed by atoms with Gasteiger partial charge in [-0.05, 0) is 49.4 Å². The highest BCUT2D eigenvalue weighted by Gasteiger charge is 2.09. The molecule has 0 atom stereocenters. The molecule has 2 amide bonds. The molecule has 0 unspecified atom stereocenters. The number of hydrogen-bond acceptors (Lipinski definition) is 5. The molecule has 0 aliphatic heterocycles. The second-order valence-corrected chi connectivity index (χ2v) is 7.13. The van der Waals surface area contributed by atoms with Crippen LogP contribution in [0, 0.1) is 18.6 Å². The number of anilines is 2. The normalized spacial score (nSPS) is 10.5. The Kier molecular flexibility index (Phi) is 8.54. The van der Waals surface area contributed by atoms with Crippen molar-refractivity contribution in [3.8, 4) is 11.5 Å². The van der Waals surface area contributed by atoms with E-state index in [2.05, 4.69) is 15.6 Å². The number of urea groups is 1. The van der Waals surface area contributed by atoms with Crippen LogP contribution in [-0.2, 0) is 11.3 Å². The molecule has 0 bridgehead atoms. The van der Waals surface area contributed by atoms with Crippen molar-refractivity contribution in [3.05, 3.63) is 77.6 Å². The number of rotatable bonds is 10. The van der Waals surface area contributed by atoms with Crippen molar-refractivity contribution in [3.63, 3.8) is 0 Å². The molecule has 3 aromatic rings. The van der Waals surface area contributed by atoms with Gasteiger partial charge in [0.1, 0.15) is 29.7 Å². The molecule has 0 radical (unpaired) electrons. The van der Waals surface area contributed by atoms with Crippen LogP contribution in [0.25, 0.3) is 0 Å². The van der Waals surface area contributed by atoms with Crippen LogP contribution in [0.1, 0.15) is 17.7 Å². The van der Waals surface area contributed by atoms with Crippen LogP contribution in [0.3, 0.4) is 0 Å². The standard InChI is InChI=1S/C24H25F2N3O4/c1-16-22(27-9-8-23(16)32-11-3-10-31-2)15-33-21-6-4-19(5-7-21)28-24(30)29-20-13-17(25)12-18(26)14-20/h4-9,12-14H,3,10-11,15H2,1-2H3,(H2,28,29,30). The molecule has 0 saturated heterocycles. The third-order valence-electron chi connectivity index (χ3n) is 4.62. The molecule has 3 rings (SSSR count). The first-order valence-electron chi connectivity index (χ1n) is 10.3. The SMILES string of the molecule is COCCCOc1ccnc(COc2ccc(NC(=O)Nc3cc(F)cc(F)c3)cc2)c1C. The minimum Gasteiger partial charge on any atom is -0.493 e. The molecule has 0 fully saturated rings. The number of halogens is 2. The summed E-state index contributed by atoms with van der Waals surface area (Å²) >= 11 is 0. The summed E-state index contributed by atoms with van der Waals surface area (Å²) in [4.78, 5) is 16.4. The predicted molar refractivity (Wildman–Crippen MR) is 121 cm³/mol. The fourth-order valence-corrected chi connectivity index (χ4v) is 2.95. The Morgan fingerprint density at radius 1 is 0.939 bits per heavy atom. The number of nitrogens with zero attached hydrogens (tertiary/aromatic N) is 1. The minimum absolute atomic E-state index is 0.0118. The Bertz CT molecular complexity index is 1060. The van der Waals surface area contributed by atoms with Crippen molar-refractivity contribution < 1.29 is 27.8 Å². The van der Waals surface area contributed by atoms with E-state index in [1.165, 1.54) is 0 Å². The van der Waals surface area contributed by atoms with E-state index in [-0.39, 0.29) is 12.3 Å². The van der Waals surface area contributed by atoms with E-state index in [0.29, 0.717) is 24.7 Å². The molecule has 7 nitrogen and oxygen atoms in total. The fourth-order valence-electron chi connectivity index (χ4n) is 2.95. The molecule has 0 spiro atoms. The molecule has 1 aromatic heterocycles. The van der Waals surface area contributed by atoms with E-state index in [4.69, 9.17) is 14.2 Å². The molecular formula is C24H25F2N3O4. The maximum Gasteiger partial charge on any atom is 0.323 e. The van der Waals surface area contributed by atoms with Crippen molar-refractivity contribution >= 4 is 17.4 Å². The average molecular weight is 457 g/mol. The molecule has 0 saturated carbocycles. The van der Waals surface area contributed by atoms with Crippen molar-refractivity contribution in [2.75, 3.05) is 31.0 Å². The molecule has 0 aliphatic carbocycles. The van der Waals surface area contributed by atoms with Crippen LogP contribution >= 0.6 is 0 Å². The van der Waals surface area contributed by atoms with Gasteiger partial charge in [0.2, 0.25) is 0 Å². The number of carbonyl (C=O) groups excluding carboxylic acids is 1. The van der Waals surface area contributed by atoms with Gasteiger partial charge in [0, 0.05) is 49.3 Å². The van der Waals surface area contributed by atoms with Gasteiger partial charge in [0.05, 0.1) is 12.3 Å². The van der Waals surface area contributed by atoms with E-state index < -0.39 is 17.7 Å². The van der Waals surface area contributed by atoms with Gasteiger partial charge < -0.3 is 24.8 Å². The van der Waals surface area contributed by atoms with Gasteiger partial charge in [-0.3, -0.25) is 4.98 Å². The number of amides is 2. The van der Waals surface area contributed by atoms with Gasteiger partial charge in [-0.2, -0.15) is 0 Å². The zero-order valence-electron chi connectivity index (χ0n) is 18.4. The quantitative estimate of drug-likeness (QED) is 0.404. The van der Waals surface area contributed by atoms with Crippen LogP contribution in [0.4, 0.5) is 25.0 Å². The average Bonchev–Trinajstić information content (AvgIpc) is 2.77. The smallest absolute Gasteiger partial charge is 0.323 e. The predicted octanol–water partition coefficient (Wildman–Crippen LogP) is 5.31. The summed E-state index contributed by atoms with van der Waals surface area (Å²) in [5.74, 6) is -0.219. The van der Waals surface area contributed by atoms with Gasteiger partial charge in [-0.15, -0.1) is 0 Å². The molecular weight excluding hydrogens is 432 g/mol. The highest BCUT2D eigenvalue weighted by molar-refractivity contribution is 5.99. The lowest BCUT2D eigenvalue weighted by Gasteiger charge is -2.13. The third-order valence-corrected chi connectivity index (χ3v) is 4.62. The minimum atomic E-state index is -0.778. The highest BCUT2D eigenvalue weighted by Crippen LogP contribution is 2.22. The zero-order valence-corrected chi connectivity index (χ0v) is 18.4. The molecule has 2 aromatic carbocycles. The highest BCUT2D eigenvalue weighted by atomic mass is 19.1. The molecule has 9 heteroatoms. The topological polar surface area (TPSA) is 81.7 Å². The van der Waals surface area contributed by atoms with Crippen LogP contribution in [0.15, 0.2) is 54.7 Å². The number of benzene rings is 2. The summed E-state index contributed by atoms with van der Waals surface area (Å²) in [6.45, 7) is 3.36. The van der Waals surface area contributed by atoms with Crippen LogP contribution < -0.4 is 20.1 Å². The fraction of sp³-hybridized carbons (Fsp3) is 0.250. The van der Waals surface area contributed by atoms with E-state index in [0.717, 1.165) is 41.6 Å². The molecule has 33 heavy (non-hydrogen) atoms. The summed E-state index contributed by atoms with van der Waals surface area (Å²) in [7, 11) is 1.65. The molecule has 1 heterocycles. The first kappa shape index (κ1) is 23.9. The summed E-state index contributed by atoms with van der Waals surface area (Å²) in [5.41, 5.74) is 2.15. The third kappa shape index (κ3) is 7.43. The summed E-state index contributed by atoms with van der Waals surface area (Å²) < 4.78 is 43.1. The van der Waals surface area contributed by atoms with Gasteiger partial charge in [0.15, 0.2) is 0 Å². The van der Waals surface area contributed by atoms with Gasteiger partial charge >= 0.3 is 6.03 Å². The number of aromatic nitrogens is 1. The molecule has 0 aliphatic rings. The monoisotopic (exact) mass is 457 g/mol. The van der Waals surface area contributed by atoms with Crippen molar-refractivity contribution in [2.45, 2.75) is 20.0 Å². The van der Waals surface area contributed by atoms with Crippen molar-refractivity contribution in [1.82, 2.24) is 4.98 Å². The number of hydrogen-bond donors (Lipinski definition) is 2. The Balaban J connectivity index is 1.52. The van der Waals surface area contributed by atoms with Crippen LogP contribution in [0.5, 0.6) is 11.5 Å². The maximum absolute atomic E-state index is 13.2. The second kappa shape index (κ2) is 11.8. The lowest BCUT2D eigenvalue weighted by Crippen LogP contribution is -2.19. The van der Waals surface area contributed by atoms with Crippen LogP contribution in [-0.4, -0.2) is 31.3 Å². The number of methoxy groups -OCH3 is 1. The summed E-state index contributed by atoms with van der Waals surface area (Å²) in [6.07, 6.45) is 2.47. The number of ether oxygens (including phenoxy) is 3. The summed E-state index contributed by atoms with van der Waals surface area (Å²) in [6, 6.07) is 10.6. The van der Waals surface area contributed by atoms with Gasteiger partial charge in [-0.1, -0.05) is 0 Å². The Hall–Kier alpha value is -3.72. The number of carbonyl (C=O) groups is 1. The van der Waals surface area contributed by atoms with Crippen molar-refractivity contribution in [1.29, 1.82) is 0 Å². The van der Waals surface area contributed by atoms with E-state index in [9.17, 15) is 13.6 Å². The number of pyridine rings is 1. The lowest BCUT2D eigenvalue weighted by atomic mass is 10.2. The Morgan fingerprint density at radius 2 is 1.64 bits per heavy atom. The first-order chi connectivity index (χ1) is 15.9. The van der Waals surface area contributed by atoms with E-state index in [1.807, 2.05) is 13.0 Å². The Morgan fingerprint density at radius 3 is 2.33 bits per heavy atom. The van der Waals surface area contributed by atoms with Gasteiger partial charge in [0.25, 0.3) is 0 Å². The van der Waals surface area contributed by atoms with Gasteiger partial charge in [-0.25, -0.2) is 13.6 Å². The number of nitrogens with one attached hydrogen (secondary N) is 2. The Labute approximate surface area is 190 Å².